The lowest BCUT2D eigenvalue weighted by Gasteiger charge is -2.16. The zero-order valence-corrected chi connectivity index (χ0v) is 24.4. The average molecular weight is 565 g/mol. The quantitative estimate of drug-likeness (QED) is 0.171. The van der Waals surface area contributed by atoms with Gasteiger partial charge in [0.15, 0.2) is 5.92 Å². The standard InChI is InChI=1S/C34H36N4O4/c1-5-9-31-36-32-22(4)14-26(29-19-37(20-35-29)21(2)3)17-30(32)38(31)18-23-12-13-27(24-10-7-6-8-11-24)25(15-23)16-28(33(39)40)34(41)42/h6-8,10-15,17,19-21,28H,5,9,16,18H2,1-4H3,(H,39,40)(H,41,42). The van der Waals surface area contributed by atoms with E-state index >= 15 is 0 Å². The summed E-state index contributed by atoms with van der Waals surface area (Å²) in [5.74, 6) is -3.26. The summed E-state index contributed by atoms with van der Waals surface area (Å²) in [6.45, 7) is 8.97. The summed E-state index contributed by atoms with van der Waals surface area (Å²) in [5, 5.41) is 19.3. The normalized spacial score (nSPS) is 11.6. The van der Waals surface area contributed by atoms with Gasteiger partial charge in [-0.15, -0.1) is 0 Å². The smallest absolute Gasteiger partial charge is 0.318 e. The van der Waals surface area contributed by atoms with Crippen LogP contribution in [0.15, 0.2) is 73.2 Å². The van der Waals surface area contributed by atoms with Crippen LogP contribution in [0.2, 0.25) is 0 Å². The Bertz CT molecular complexity index is 1740. The van der Waals surface area contributed by atoms with E-state index in [4.69, 9.17) is 4.98 Å². The summed E-state index contributed by atoms with van der Waals surface area (Å²) in [6.07, 6.45) is 5.55. The zero-order chi connectivity index (χ0) is 30.0. The van der Waals surface area contributed by atoms with Crippen molar-refractivity contribution in [2.45, 2.75) is 59.5 Å². The van der Waals surface area contributed by atoms with Gasteiger partial charge in [-0.3, -0.25) is 9.59 Å². The summed E-state index contributed by atoms with van der Waals surface area (Å²) >= 11 is 0. The van der Waals surface area contributed by atoms with Crippen LogP contribution in [0, 0.1) is 12.8 Å². The van der Waals surface area contributed by atoms with E-state index in [1.807, 2.05) is 54.9 Å². The van der Waals surface area contributed by atoms with Gasteiger partial charge in [0.1, 0.15) is 5.82 Å². The van der Waals surface area contributed by atoms with E-state index in [0.29, 0.717) is 18.2 Å². The molecule has 8 heteroatoms. The SMILES string of the molecule is CCCc1nc2c(C)cc(-c3cn(C(C)C)cn3)cc2n1Cc1ccc(-c2ccccc2)c(CC(C(=O)O)C(=O)O)c1. The molecule has 8 nitrogen and oxygen atoms in total. The minimum Gasteiger partial charge on any atom is -0.481 e. The highest BCUT2D eigenvalue weighted by Gasteiger charge is 2.27. The number of benzene rings is 3. The summed E-state index contributed by atoms with van der Waals surface area (Å²) in [5.41, 5.74) is 8.33. The molecule has 0 saturated carbocycles. The first-order valence-electron chi connectivity index (χ1n) is 14.3. The van der Waals surface area contributed by atoms with Gasteiger partial charge in [-0.1, -0.05) is 55.5 Å². The Kier molecular flexibility index (Phi) is 8.24. The number of hydrogen-bond acceptors (Lipinski definition) is 4. The second-order valence-electron chi connectivity index (χ2n) is 11.1. The van der Waals surface area contributed by atoms with Gasteiger partial charge in [0, 0.05) is 30.8 Å². The van der Waals surface area contributed by atoms with Crippen molar-refractivity contribution in [3.05, 3.63) is 95.7 Å². The molecule has 0 spiro atoms. The molecule has 2 heterocycles. The molecule has 0 saturated heterocycles. The maximum absolute atomic E-state index is 11.8. The van der Waals surface area contributed by atoms with Crippen molar-refractivity contribution in [3.8, 4) is 22.4 Å². The summed E-state index contributed by atoms with van der Waals surface area (Å²) < 4.78 is 4.31. The number of hydrogen-bond donors (Lipinski definition) is 2. The van der Waals surface area contributed by atoms with E-state index in [1.165, 1.54) is 0 Å². The molecule has 42 heavy (non-hydrogen) atoms. The van der Waals surface area contributed by atoms with Crippen LogP contribution in [-0.2, 0) is 29.0 Å². The van der Waals surface area contributed by atoms with Crippen LogP contribution in [0.1, 0.15) is 55.7 Å². The average Bonchev–Trinajstić information content (AvgIpc) is 3.59. The summed E-state index contributed by atoms with van der Waals surface area (Å²) in [6, 6.07) is 20.2. The Morgan fingerprint density at radius 1 is 0.952 bits per heavy atom. The monoisotopic (exact) mass is 564 g/mol. The van der Waals surface area contributed by atoms with Crippen LogP contribution < -0.4 is 0 Å². The molecule has 5 aromatic rings. The van der Waals surface area contributed by atoms with Crippen molar-refractivity contribution in [3.63, 3.8) is 0 Å². The van der Waals surface area contributed by atoms with Gasteiger partial charge in [-0.25, -0.2) is 9.97 Å². The van der Waals surface area contributed by atoms with E-state index in [0.717, 1.165) is 63.2 Å². The fraction of sp³-hybridized carbons (Fsp3) is 0.294. The lowest BCUT2D eigenvalue weighted by atomic mass is 9.90. The molecule has 3 aromatic carbocycles. The molecule has 0 unspecified atom stereocenters. The number of fused-ring (bicyclic) bond motifs is 1. The fourth-order valence-electron chi connectivity index (χ4n) is 5.44. The molecule has 0 amide bonds. The number of aromatic nitrogens is 4. The van der Waals surface area contributed by atoms with Crippen molar-refractivity contribution in [2.75, 3.05) is 0 Å². The molecular formula is C34H36N4O4. The Balaban J connectivity index is 1.61. The van der Waals surface area contributed by atoms with Gasteiger partial charge in [0.25, 0.3) is 0 Å². The molecule has 0 atom stereocenters. The number of carboxylic acid groups (broad SMARTS) is 2. The fourth-order valence-corrected chi connectivity index (χ4v) is 5.44. The molecule has 2 N–H and O–H groups in total. The van der Waals surface area contributed by atoms with Gasteiger partial charge in [-0.05, 0) is 73.6 Å². The van der Waals surface area contributed by atoms with Gasteiger partial charge >= 0.3 is 11.9 Å². The van der Waals surface area contributed by atoms with Gasteiger partial charge in [-0.2, -0.15) is 0 Å². The number of imidazole rings is 2. The first-order chi connectivity index (χ1) is 20.2. The molecule has 216 valence electrons. The first-order valence-corrected chi connectivity index (χ1v) is 14.3. The molecule has 0 fully saturated rings. The van der Waals surface area contributed by atoms with E-state index in [2.05, 4.69) is 60.1 Å². The van der Waals surface area contributed by atoms with Gasteiger partial charge in [0.05, 0.1) is 23.1 Å². The van der Waals surface area contributed by atoms with Crippen molar-refractivity contribution < 1.29 is 19.8 Å². The third kappa shape index (κ3) is 5.84. The number of carboxylic acids is 2. The van der Waals surface area contributed by atoms with Gasteiger partial charge in [0.2, 0.25) is 0 Å². The highest BCUT2D eigenvalue weighted by Crippen LogP contribution is 2.31. The largest absolute Gasteiger partial charge is 0.481 e. The lowest BCUT2D eigenvalue weighted by molar-refractivity contribution is -0.154. The van der Waals surface area contributed by atoms with E-state index < -0.39 is 17.9 Å². The highest BCUT2D eigenvalue weighted by molar-refractivity contribution is 5.93. The highest BCUT2D eigenvalue weighted by atomic mass is 16.4. The van der Waals surface area contributed by atoms with E-state index in [1.54, 1.807) is 0 Å². The van der Waals surface area contributed by atoms with Crippen molar-refractivity contribution in [1.82, 2.24) is 19.1 Å². The molecule has 5 rings (SSSR count). The molecule has 0 radical (unpaired) electrons. The van der Waals surface area contributed by atoms with Crippen LogP contribution in [0.3, 0.4) is 0 Å². The minimum atomic E-state index is -1.54. The Morgan fingerprint density at radius 3 is 2.33 bits per heavy atom. The number of aryl methyl sites for hydroxylation is 2. The van der Waals surface area contributed by atoms with Crippen molar-refractivity contribution >= 4 is 23.0 Å². The van der Waals surface area contributed by atoms with Crippen LogP contribution in [0.5, 0.6) is 0 Å². The van der Waals surface area contributed by atoms with Crippen LogP contribution in [-0.4, -0.2) is 41.3 Å². The number of aliphatic carboxylic acids is 2. The minimum absolute atomic E-state index is 0.114. The van der Waals surface area contributed by atoms with E-state index in [9.17, 15) is 19.8 Å². The summed E-state index contributed by atoms with van der Waals surface area (Å²) in [7, 11) is 0. The maximum atomic E-state index is 11.8. The first kappa shape index (κ1) is 28.8. The second kappa shape index (κ2) is 12.0. The third-order valence-corrected chi connectivity index (χ3v) is 7.71. The van der Waals surface area contributed by atoms with Crippen molar-refractivity contribution in [2.24, 2.45) is 5.92 Å². The predicted molar refractivity (Wildman–Crippen MR) is 164 cm³/mol. The van der Waals surface area contributed by atoms with Crippen LogP contribution in [0.4, 0.5) is 0 Å². The molecule has 2 aromatic heterocycles. The topological polar surface area (TPSA) is 110 Å². The lowest BCUT2D eigenvalue weighted by Crippen LogP contribution is -2.25. The zero-order valence-electron chi connectivity index (χ0n) is 24.4. The number of nitrogens with zero attached hydrogens (tertiary/aromatic N) is 4. The van der Waals surface area contributed by atoms with Crippen molar-refractivity contribution in [1.29, 1.82) is 0 Å². The molecule has 0 bridgehead atoms. The predicted octanol–water partition coefficient (Wildman–Crippen LogP) is 6.78. The summed E-state index contributed by atoms with van der Waals surface area (Å²) in [4.78, 5) is 33.3. The molecule has 0 aliphatic carbocycles. The Morgan fingerprint density at radius 2 is 1.69 bits per heavy atom. The molecule has 0 aliphatic rings. The number of rotatable bonds is 11. The van der Waals surface area contributed by atoms with E-state index in [-0.39, 0.29) is 6.42 Å². The van der Waals surface area contributed by atoms with Gasteiger partial charge < -0.3 is 19.3 Å². The van der Waals surface area contributed by atoms with Crippen LogP contribution in [0.25, 0.3) is 33.4 Å². The molecular weight excluding hydrogens is 528 g/mol. The second-order valence-corrected chi connectivity index (χ2v) is 11.1. The maximum Gasteiger partial charge on any atom is 0.318 e. The molecule has 0 aliphatic heterocycles. The number of carbonyl (C=O) groups is 2. The third-order valence-electron chi connectivity index (χ3n) is 7.71. The Labute approximate surface area is 245 Å². The van der Waals surface area contributed by atoms with Crippen LogP contribution >= 0.6 is 0 Å². The Hall–Kier alpha value is -4.72.